The smallest absolute Gasteiger partial charge is 0.157 e. The maximum atomic E-state index is 13.3. The van der Waals surface area contributed by atoms with Crippen molar-refractivity contribution in [1.82, 2.24) is 4.90 Å². The number of carbonyl (C=O) groups excluding carboxylic acids is 1. The van der Waals surface area contributed by atoms with Gasteiger partial charge in [-0.3, -0.25) is 9.69 Å². The average molecular weight is 316 g/mol. The third-order valence-corrected chi connectivity index (χ3v) is 4.02. The largest absolute Gasteiger partial charge is 0.297 e. The van der Waals surface area contributed by atoms with Gasteiger partial charge in [0.25, 0.3) is 0 Å². The standard InChI is InChI=1S/C14H19BrFNO/c1-5-14(2,17(3)4)13(18)8-10-6-11(15)9-12(16)7-10/h6-7,9H,5,8H2,1-4H3. The van der Waals surface area contributed by atoms with Crippen molar-refractivity contribution >= 4 is 21.7 Å². The highest BCUT2D eigenvalue weighted by molar-refractivity contribution is 9.10. The Balaban J connectivity index is 2.93. The van der Waals surface area contributed by atoms with Crippen molar-refractivity contribution in [2.75, 3.05) is 14.1 Å². The van der Waals surface area contributed by atoms with Crippen LogP contribution in [0.1, 0.15) is 25.8 Å². The molecular weight excluding hydrogens is 297 g/mol. The van der Waals surface area contributed by atoms with Crippen molar-refractivity contribution in [2.45, 2.75) is 32.2 Å². The van der Waals surface area contributed by atoms with Gasteiger partial charge in [0.2, 0.25) is 0 Å². The van der Waals surface area contributed by atoms with Crippen molar-refractivity contribution in [3.63, 3.8) is 0 Å². The molecule has 1 unspecified atom stereocenters. The summed E-state index contributed by atoms with van der Waals surface area (Å²) in [5.74, 6) is -0.220. The molecule has 0 aliphatic rings. The maximum absolute atomic E-state index is 13.3. The number of likely N-dealkylation sites (N-methyl/N-ethyl adjacent to an activating group) is 1. The summed E-state index contributed by atoms with van der Waals surface area (Å²) in [6.45, 7) is 3.91. The van der Waals surface area contributed by atoms with E-state index >= 15 is 0 Å². The normalized spacial score (nSPS) is 14.6. The van der Waals surface area contributed by atoms with Crippen molar-refractivity contribution in [2.24, 2.45) is 0 Å². The zero-order valence-electron chi connectivity index (χ0n) is 11.3. The summed E-state index contributed by atoms with van der Waals surface area (Å²) in [7, 11) is 3.78. The molecule has 0 radical (unpaired) electrons. The molecule has 0 aromatic heterocycles. The lowest BCUT2D eigenvalue weighted by Gasteiger charge is -2.34. The van der Waals surface area contributed by atoms with Crippen LogP contribution in [-0.4, -0.2) is 30.3 Å². The fourth-order valence-electron chi connectivity index (χ4n) is 1.85. The average Bonchev–Trinajstić information content (AvgIpc) is 2.25. The van der Waals surface area contributed by atoms with Crippen LogP contribution in [0.5, 0.6) is 0 Å². The van der Waals surface area contributed by atoms with Gasteiger partial charge in [-0.15, -0.1) is 0 Å². The molecule has 18 heavy (non-hydrogen) atoms. The first-order chi connectivity index (χ1) is 8.29. The van der Waals surface area contributed by atoms with E-state index in [9.17, 15) is 9.18 Å². The molecule has 0 spiro atoms. The van der Waals surface area contributed by atoms with Gasteiger partial charge in [0.1, 0.15) is 5.82 Å². The second-order valence-electron chi connectivity index (χ2n) is 4.90. The number of hydrogen-bond acceptors (Lipinski definition) is 2. The monoisotopic (exact) mass is 315 g/mol. The summed E-state index contributed by atoms with van der Waals surface area (Å²) >= 11 is 3.24. The van der Waals surface area contributed by atoms with E-state index in [0.29, 0.717) is 10.0 Å². The molecular formula is C14H19BrFNO. The molecule has 0 fully saturated rings. The minimum Gasteiger partial charge on any atom is -0.297 e. The van der Waals surface area contributed by atoms with Gasteiger partial charge in [-0.05, 0) is 51.2 Å². The highest BCUT2D eigenvalue weighted by Crippen LogP contribution is 2.22. The molecule has 1 aromatic rings. The molecule has 1 atom stereocenters. The first-order valence-electron chi connectivity index (χ1n) is 5.95. The fourth-order valence-corrected chi connectivity index (χ4v) is 2.36. The third kappa shape index (κ3) is 3.39. The summed E-state index contributed by atoms with van der Waals surface area (Å²) in [5, 5.41) is 0. The lowest BCUT2D eigenvalue weighted by molar-refractivity contribution is -0.128. The molecule has 0 amide bonds. The molecule has 0 heterocycles. The van der Waals surface area contributed by atoms with E-state index in [1.165, 1.54) is 12.1 Å². The topological polar surface area (TPSA) is 20.3 Å². The van der Waals surface area contributed by atoms with Gasteiger partial charge in [0.15, 0.2) is 5.78 Å². The van der Waals surface area contributed by atoms with Crippen molar-refractivity contribution < 1.29 is 9.18 Å². The van der Waals surface area contributed by atoms with E-state index in [2.05, 4.69) is 15.9 Å². The quantitative estimate of drug-likeness (QED) is 0.829. The highest BCUT2D eigenvalue weighted by atomic mass is 79.9. The van der Waals surface area contributed by atoms with Gasteiger partial charge in [0, 0.05) is 10.9 Å². The summed E-state index contributed by atoms with van der Waals surface area (Å²) in [6.07, 6.45) is 0.980. The Morgan fingerprint density at radius 3 is 2.44 bits per heavy atom. The van der Waals surface area contributed by atoms with Crippen LogP contribution < -0.4 is 0 Å². The molecule has 0 saturated heterocycles. The zero-order valence-corrected chi connectivity index (χ0v) is 12.8. The number of carbonyl (C=O) groups is 1. The van der Waals surface area contributed by atoms with Gasteiger partial charge in [0.05, 0.1) is 5.54 Å². The minimum atomic E-state index is -0.501. The summed E-state index contributed by atoms with van der Waals surface area (Å²) < 4.78 is 13.9. The van der Waals surface area contributed by atoms with Crippen LogP contribution in [0.15, 0.2) is 22.7 Å². The van der Waals surface area contributed by atoms with Crippen LogP contribution in [-0.2, 0) is 11.2 Å². The predicted octanol–water partition coefficient (Wildman–Crippen LogP) is 3.43. The van der Waals surface area contributed by atoms with E-state index in [1.807, 2.05) is 32.8 Å². The zero-order chi connectivity index (χ0) is 13.9. The predicted molar refractivity (Wildman–Crippen MR) is 75.2 cm³/mol. The molecule has 0 aliphatic carbocycles. The molecule has 0 saturated carbocycles. The van der Waals surface area contributed by atoms with Gasteiger partial charge in [-0.1, -0.05) is 22.9 Å². The van der Waals surface area contributed by atoms with Crippen molar-refractivity contribution in [3.8, 4) is 0 Å². The Morgan fingerprint density at radius 2 is 2.00 bits per heavy atom. The Labute approximate surface area is 116 Å². The second kappa shape index (κ2) is 5.93. The van der Waals surface area contributed by atoms with Gasteiger partial charge in [-0.2, -0.15) is 0 Å². The Morgan fingerprint density at radius 1 is 1.39 bits per heavy atom. The van der Waals surface area contributed by atoms with Crippen LogP contribution >= 0.6 is 15.9 Å². The molecule has 0 aliphatic heterocycles. The molecule has 2 nitrogen and oxygen atoms in total. The van der Waals surface area contributed by atoms with E-state index in [-0.39, 0.29) is 18.0 Å². The van der Waals surface area contributed by atoms with E-state index < -0.39 is 5.54 Å². The number of benzene rings is 1. The van der Waals surface area contributed by atoms with Gasteiger partial charge < -0.3 is 0 Å². The summed E-state index contributed by atoms with van der Waals surface area (Å²) in [5.41, 5.74) is 0.201. The van der Waals surface area contributed by atoms with E-state index in [0.717, 1.165) is 6.42 Å². The van der Waals surface area contributed by atoms with Crippen LogP contribution in [0.3, 0.4) is 0 Å². The van der Waals surface area contributed by atoms with Crippen LogP contribution in [0.4, 0.5) is 4.39 Å². The lowest BCUT2D eigenvalue weighted by Crippen LogP contribution is -2.48. The minimum absolute atomic E-state index is 0.104. The molecule has 1 rings (SSSR count). The first-order valence-corrected chi connectivity index (χ1v) is 6.74. The Bertz CT molecular complexity index is 427. The lowest BCUT2D eigenvalue weighted by atomic mass is 9.88. The number of halogens is 2. The first kappa shape index (κ1) is 15.3. The van der Waals surface area contributed by atoms with Crippen LogP contribution in [0.2, 0.25) is 0 Å². The number of ketones is 1. The maximum Gasteiger partial charge on any atom is 0.157 e. The van der Waals surface area contributed by atoms with Crippen molar-refractivity contribution in [3.05, 3.63) is 34.1 Å². The molecule has 0 bridgehead atoms. The van der Waals surface area contributed by atoms with E-state index in [4.69, 9.17) is 0 Å². The summed E-state index contributed by atoms with van der Waals surface area (Å²) in [6, 6.07) is 4.58. The summed E-state index contributed by atoms with van der Waals surface area (Å²) in [4.78, 5) is 14.3. The van der Waals surface area contributed by atoms with Gasteiger partial charge >= 0.3 is 0 Å². The highest BCUT2D eigenvalue weighted by Gasteiger charge is 2.32. The molecule has 100 valence electrons. The Hall–Kier alpha value is -0.740. The fraction of sp³-hybridized carbons (Fsp3) is 0.500. The van der Waals surface area contributed by atoms with E-state index in [1.54, 1.807) is 6.07 Å². The third-order valence-electron chi connectivity index (χ3n) is 3.56. The number of rotatable bonds is 5. The van der Waals surface area contributed by atoms with Crippen LogP contribution in [0, 0.1) is 5.82 Å². The molecule has 0 N–H and O–H groups in total. The van der Waals surface area contributed by atoms with Gasteiger partial charge in [-0.25, -0.2) is 4.39 Å². The molecule has 1 aromatic carbocycles. The van der Waals surface area contributed by atoms with Crippen molar-refractivity contribution in [1.29, 1.82) is 0 Å². The number of nitrogens with zero attached hydrogens (tertiary/aromatic N) is 1. The Kier molecular flexibility index (Phi) is 5.05. The van der Waals surface area contributed by atoms with Crippen LogP contribution in [0.25, 0.3) is 0 Å². The molecule has 4 heteroatoms. The SMILES string of the molecule is CCC(C)(C(=O)Cc1cc(F)cc(Br)c1)N(C)C. The number of hydrogen-bond donors (Lipinski definition) is 0. The number of Topliss-reactive ketones (excluding diaryl/α,β-unsaturated/α-hetero) is 1. The second-order valence-corrected chi connectivity index (χ2v) is 5.82.